The maximum atomic E-state index is 14.1. The van der Waals surface area contributed by atoms with E-state index in [2.05, 4.69) is 20.5 Å². The number of carbonyl (C=O) groups excluding carboxylic acids is 2. The van der Waals surface area contributed by atoms with E-state index in [1.807, 2.05) is 69.3 Å². The predicted molar refractivity (Wildman–Crippen MR) is 152 cm³/mol. The normalized spacial score (nSPS) is 14.7. The van der Waals surface area contributed by atoms with Gasteiger partial charge in [0.15, 0.2) is 0 Å². The van der Waals surface area contributed by atoms with Crippen LogP contribution < -0.4 is 15.1 Å². The fourth-order valence-electron chi connectivity index (χ4n) is 4.82. The van der Waals surface area contributed by atoms with Crippen LogP contribution >= 0.6 is 0 Å². The Morgan fingerprint density at radius 1 is 1.00 bits per heavy atom. The van der Waals surface area contributed by atoms with Gasteiger partial charge in [-0.15, -0.1) is 5.10 Å². The zero-order chi connectivity index (χ0) is 28.3. The van der Waals surface area contributed by atoms with Crippen LogP contribution in [-0.2, 0) is 20.9 Å². The fraction of sp³-hybridized carbons (Fsp3) is 0.333. The topological polar surface area (TPSA) is 92.6 Å². The molecular formula is C30H33FN6O3. The van der Waals surface area contributed by atoms with Crippen molar-refractivity contribution in [3.63, 3.8) is 0 Å². The number of ether oxygens (including phenoxy) is 1. The number of anilines is 2. The van der Waals surface area contributed by atoms with E-state index in [9.17, 15) is 14.0 Å². The van der Waals surface area contributed by atoms with Gasteiger partial charge in [0, 0.05) is 30.0 Å². The summed E-state index contributed by atoms with van der Waals surface area (Å²) in [6, 6.07) is 19.5. The molecule has 1 aromatic heterocycles. The highest BCUT2D eigenvalue weighted by molar-refractivity contribution is 6.01. The van der Waals surface area contributed by atoms with Crippen molar-refractivity contribution in [2.24, 2.45) is 0 Å². The van der Waals surface area contributed by atoms with E-state index in [-0.39, 0.29) is 12.5 Å². The van der Waals surface area contributed by atoms with E-state index in [4.69, 9.17) is 4.74 Å². The van der Waals surface area contributed by atoms with Gasteiger partial charge in [-0.25, -0.2) is 9.07 Å². The van der Waals surface area contributed by atoms with Gasteiger partial charge >= 0.3 is 0 Å². The van der Waals surface area contributed by atoms with Gasteiger partial charge < -0.3 is 15.0 Å². The van der Waals surface area contributed by atoms with Crippen LogP contribution in [0.5, 0.6) is 0 Å². The number of morpholine rings is 1. The number of hydrogen-bond donors (Lipinski definition) is 1. The van der Waals surface area contributed by atoms with Crippen molar-refractivity contribution >= 4 is 34.2 Å². The number of carbonyl (C=O) groups is 2. The maximum absolute atomic E-state index is 14.1. The molecule has 1 atom stereocenters. The Hall–Kier alpha value is -4.31. The summed E-state index contributed by atoms with van der Waals surface area (Å²) in [7, 11) is 0. The van der Waals surface area contributed by atoms with Crippen molar-refractivity contribution in [3.8, 4) is 0 Å². The van der Waals surface area contributed by atoms with Crippen LogP contribution in [-0.4, -0.2) is 58.7 Å². The number of rotatable bonds is 7. The first kappa shape index (κ1) is 27.3. The summed E-state index contributed by atoms with van der Waals surface area (Å²) in [6.07, 6.45) is 0. The summed E-state index contributed by atoms with van der Waals surface area (Å²) >= 11 is 0. The molecule has 1 fully saturated rings. The summed E-state index contributed by atoms with van der Waals surface area (Å²) in [5.41, 5.74) is 2.82. The van der Waals surface area contributed by atoms with Gasteiger partial charge in [-0.2, -0.15) is 0 Å². The fourth-order valence-corrected chi connectivity index (χ4v) is 4.82. The minimum Gasteiger partial charge on any atom is -0.378 e. The highest BCUT2D eigenvalue weighted by Gasteiger charge is 2.35. The third-order valence-electron chi connectivity index (χ3n) is 6.67. The van der Waals surface area contributed by atoms with Crippen molar-refractivity contribution in [2.45, 2.75) is 38.9 Å². The lowest BCUT2D eigenvalue weighted by Gasteiger charge is -2.34. The van der Waals surface area contributed by atoms with Gasteiger partial charge in [0.25, 0.3) is 0 Å². The van der Waals surface area contributed by atoms with Crippen LogP contribution in [0, 0.1) is 5.82 Å². The second kappa shape index (κ2) is 11.4. The molecule has 40 heavy (non-hydrogen) atoms. The van der Waals surface area contributed by atoms with Crippen LogP contribution in [0.1, 0.15) is 32.4 Å². The van der Waals surface area contributed by atoms with Gasteiger partial charge in [0.2, 0.25) is 11.8 Å². The van der Waals surface area contributed by atoms with Crippen LogP contribution in [0.3, 0.4) is 0 Å². The molecule has 1 aliphatic heterocycles. The zero-order valence-electron chi connectivity index (χ0n) is 22.9. The average Bonchev–Trinajstić information content (AvgIpc) is 3.34. The molecule has 1 N–H and O–H groups in total. The first-order chi connectivity index (χ1) is 19.2. The Balaban J connectivity index is 1.56. The number of fused-ring (bicyclic) bond motifs is 1. The van der Waals surface area contributed by atoms with Gasteiger partial charge in [-0.05, 0) is 74.9 Å². The van der Waals surface area contributed by atoms with Crippen LogP contribution in [0.25, 0.3) is 11.0 Å². The van der Waals surface area contributed by atoms with Gasteiger partial charge in [-0.1, -0.05) is 29.5 Å². The molecule has 2 heterocycles. The van der Waals surface area contributed by atoms with E-state index < -0.39 is 23.3 Å². The molecule has 2 amide bonds. The Kier molecular flexibility index (Phi) is 7.79. The van der Waals surface area contributed by atoms with Crippen LogP contribution in [0.2, 0.25) is 0 Å². The second-order valence-corrected chi connectivity index (χ2v) is 10.8. The molecule has 1 saturated heterocycles. The van der Waals surface area contributed by atoms with Crippen molar-refractivity contribution in [1.29, 1.82) is 0 Å². The van der Waals surface area contributed by atoms with E-state index in [0.29, 0.717) is 35.5 Å². The highest BCUT2D eigenvalue weighted by atomic mass is 19.1. The number of hydrogen-bond acceptors (Lipinski definition) is 6. The minimum atomic E-state index is -1.02. The minimum absolute atomic E-state index is 0.164. The van der Waals surface area contributed by atoms with E-state index in [1.165, 1.54) is 33.8 Å². The van der Waals surface area contributed by atoms with Crippen molar-refractivity contribution in [2.75, 3.05) is 36.1 Å². The van der Waals surface area contributed by atoms with Crippen LogP contribution in [0.4, 0.5) is 15.8 Å². The molecule has 0 radical (unpaired) electrons. The number of aromatic nitrogens is 3. The summed E-state index contributed by atoms with van der Waals surface area (Å²) in [5, 5.41) is 11.4. The molecule has 0 saturated carbocycles. The largest absolute Gasteiger partial charge is 0.378 e. The lowest BCUT2D eigenvalue weighted by atomic mass is 10.00. The number of nitrogens with zero attached hydrogens (tertiary/aromatic N) is 5. The maximum Gasteiger partial charge on any atom is 0.249 e. The molecule has 9 nitrogen and oxygen atoms in total. The molecular weight excluding hydrogens is 511 g/mol. The average molecular weight is 545 g/mol. The molecule has 1 unspecified atom stereocenters. The smallest absolute Gasteiger partial charge is 0.249 e. The van der Waals surface area contributed by atoms with Gasteiger partial charge in [0.1, 0.15) is 23.9 Å². The Morgan fingerprint density at radius 3 is 2.35 bits per heavy atom. The molecule has 10 heteroatoms. The molecule has 0 spiro atoms. The van der Waals surface area contributed by atoms with Gasteiger partial charge in [-0.3, -0.25) is 14.5 Å². The summed E-state index contributed by atoms with van der Waals surface area (Å²) < 4.78 is 20.9. The SMILES string of the molecule is CC(C)(C)NC(=O)C(c1ccc(N2CCOCC2)cc1)N(C(=O)Cn1nnc2ccccc21)c1ccc(F)cc1. The Morgan fingerprint density at radius 2 is 1.68 bits per heavy atom. The van der Waals surface area contributed by atoms with E-state index in [1.54, 1.807) is 0 Å². The molecule has 208 valence electrons. The Labute approximate surface area is 232 Å². The third-order valence-corrected chi connectivity index (χ3v) is 6.67. The van der Waals surface area contributed by atoms with E-state index in [0.717, 1.165) is 18.8 Å². The van der Waals surface area contributed by atoms with E-state index >= 15 is 0 Å². The first-order valence-corrected chi connectivity index (χ1v) is 13.3. The number of para-hydroxylation sites is 1. The van der Waals surface area contributed by atoms with Gasteiger partial charge in [0.05, 0.1) is 18.7 Å². The number of amides is 2. The summed E-state index contributed by atoms with van der Waals surface area (Å²) in [4.78, 5) is 31.6. The first-order valence-electron chi connectivity index (χ1n) is 13.3. The summed E-state index contributed by atoms with van der Waals surface area (Å²) in [5.74, 6) is -1.19. The zero-order valence-corrected chi connectivity index (χ0v) is 22.9. The number of halogens is 1. The summed E-state index contributed by atoms with van der Waals surface area (Å²) in [6.45, 7) is 8.35. The molecule has 0 bridgehead atoms. The lowest BCUT2D eigenvalue weighted by molar-refractivity contribution is -0.128. The third kappa shape index (κ3) is 6.12. The monoisotopic (exact) mass is 544 g/mol. The Bertz CT molecular complexity index is 1470. The molecule has 4 aromatic rings. The number of benzene rings is 3. The standard InChI is InChI=1S/C30H33FN6O3/c1-30(2,3)32-29(39)28(21-8-12-23(13-9-21)35-16-18-40-19-17-35)37(24-14-10-22(31)11-15-24)27(38)20-36-26-7-5-4-6-25(26)33-34-36/h4-15,28H,16-20H2,1-3H3,(H,32,39). The molecule has 1 aliphatic rings. The van der Waals surface area contributed by atoms with Crippen molar-refractivity contribution < 1.29 is 18.7 Å². The highest BCUT2D eigenvalue weighted by Crippen LogP contribution is 2.31. The predicted octanol–water partition coefficient (Wildman–Crippen LogP) is 4.10. The quantitative estimate of drug-likeness (QED) is 0.377. The second-order valence-electron chi connectivity index (χ2n) is 10.8. The number of nitrogens with one attached hydrogen (secondary N) is 1. The molecule has 3 aromatic carbocycles. The van der Waals surface area contributed by atoms with Crippen molar-refractivity contribution in [3.05, 3.63) is 84.2 Å². The van der Waals surface area contributed by atoms with Crippen molar-refractivity contribution in [1.82, 2.24) is 20.3 Å². The molecule has 5 rings (SSSR count). The van der Waals surface area contributed by atoms with Crippen LogP contribution in [0.15, 0.2) is 72.8 Å². The lowest BCUT2D eigenvalue weighted by Crippen LogP contribution is -2.50. The molecule has 0 aliphatic carbocycles.